The first kappa shape index (κ1) is 24.7. The van der Waals surface area contributed by atoms with Crippen LogP contribution in [0.1, 0.15) is 24.2 Å². The molecule has 0 radical (unpaired) electrons. The lowest BCUT2D eigenvalue weighted by Crippen LogP contribution is -2.71. The fourth-order valence-corrected chi connectivity index (χ4v) is 3.42. The Morgan fingerprint density at radius 3 is 2.00 bits per heavy atom. The van der Waals surface area contributed by atoms with Gasteiger partial charge in [-0.25, -0.2) is 4.79 Å². The van der Waals surface area contributed by atoms with Crippen LogP contribution < -0.4 is 25.4 Å². The third-order valence-electron chi connectivity index (χ3n) is 4.79. The number of halogens is 1. The van der Waals surface area contributed by atoms with Crippen molar-refractivity contribution in [3.63, 3.8) is 0 Å². The molecule has 12 heteroatoms. The molecule has 1 aliphatic rings. The van der Waals surface area contributed by atoms with Gasteiger partial charge in [-0.2, -0.15) is 0 Å². The molecule has 2 aromatic rings. The molecule has 3 rings (SSSR count). The number of amides is 4. The lowest BCUT2D eigenvalue weighted by molar-refractivity contribution is -0.132. The van der Waals surface area contributed by atoms with Gasteiger partial charge in [-0.15, -0.1) is 0 Å². The summed E-state index contributed by atoms with van der Waals surface area (Å²) in [5.41, 5.74) is 6.52. The first-order chi connectivity index (χ1) is 16.0. The summed E-state index contributed by atoms with van der Waals surface area (Å²) >= 11 is 5.91. The van der Waals surface area contributed by atoms with Crippen LogP contribution in [0.25, 0.3) is 0 Å². The van der Waals surface area contributed by atoms with E-state index in [1.54, 1.807) is 24.3 Å². The molecular formula is C22H21ClN4O7. The molecule has 1 heterocycles. The number of anilines is 1. The van der Waals surface area contributed by atoms with Gasteiger partial charge in [-0.3, -0.25) is 29.0 Å². The van der Waals surface area contributed by atoms with Gasteiger partial charge in [0.1, 0.15) is 23.7 Å². The molecule has 1 aliphatic heterocycles. The molecule has 1 fully saturated rings. The molecule has 0 bridgehead atoms. The summed E-state index contributed by atoms with van der Waals surface area (Å²) in [7, 11) is 1.26. The molecule has 11 nitrogen and oxygen atoms in total. The number of hydrogen-bond donors (Lipinski definition) is 2. The third kappa shape index (κ3) is 5.33. The van der Waals surface area contributed by atoms with Crippen molar-refractivity contribution in [2.45, 2.75) is 26.1 Å². The number of esters is 2. The van der Waals surface area contributed by atoms with Gasteiger partial charge in [0.2, 0.25) is 0 Å². The van der Waals surface area contributed by atoms with Crippen LogP contribution in [-0.4, -0.2) is 53.9 Å². The molecule has 2 unspecified atom stereocenters. The van der Waals surface area contributed by atoms with Crippen molar-refractivity contribution in [2.75, 3.05) is 11.9 Å². The molecule has 34 heavy (non-hydrogen) atoms. The Labute approximate surface area is 199 Å². The van der Waals surface area contributed by atoms with E-state index in [0.29, 0.717) is 10.7 Å². The van der Waals surface area contributed by atoms with Gasteiger partial charge in [-0.1, -0.05) is 11.6 Å². The predicted molar refractivity (Wildman–Crippen MR) is 120 cm³/mol. The Morgan fingerprint density at radius 2 is 1.50 bits per heavy atom. The highest BCUT2D eigenvalue weighted by atomic mass is 35.5. The molecule has 2 atom stereocenters. The maximum absolute atomic E-state index is 13.0. The second kappa shape index (κ2) is 9.89. The van der Waals surface area contributed by atoms with Gasteiger partial charge in [0.15, 0.2) is 0 Å². The van der Waals surface area contributed by atoms with Crippen LogP contribution in [0.4, 0.5) is 10.5 Å². The van der Waals surface area contributed by atoms with E-state index in [1.807, 2.05) is 0 Å². The maximum atomic E-state index is 13.0. The molecule has 178 valence electrons. The molecule has 0 spiro atoms. The van der Waals surface area contributed by atoms with Crippen LogP contribution in [0.15, 0.2) is 42.5 Å². The number of ether oxygens (including phenoxy) is 2. The second-order valence-corrected chi connectivity index (χ2v) is 7.78. The minimum Gasteiger partial charge on any atom is -0.427 e. The highest BCUT2D eigenvalue weighted by Crippen LogP contribution is 2.26. The Balaban J connectivity index is 1.92. The lowest BCUT2D eigenvalue weighted by Gasteiger charge is -2.41. The number of benzene rings is 2. The Morgan fingerprint density at radius 1 is 0.971 bits per heavy atom. The van der Waals surface area contributed by atoms with Crippen LogP contribution in [-0.2, 0) is 14.4 Å². The van der Waals surface area contributed by atoms with Crippen LogP contribution in [0.3, 0.4) is 0 Å². The fraction of sp³-hybridized carbons (Fsp3) is 0.227. The van der Waals surface area contributed by atoms with E-state index in [2.05, 4.69) is 5.32 Å². The van der Waals surface area contributed by atoms with Gasteiger partial charge >= 0.3 is 18.0 Å². The molecule has 3 N–H and O–H groups in total. The number of carbonyl (C=O) groups is 5. The summed E-state index contributed by atoms with van der Waals surface area (Å²) < 4.78 is 10.0. The molecule has 2 aromatic carbocycles. The van der Waals surface area contributed by atoms with Gasteiger partial charge in [-0.05, 0) is 36.4 Å². The largest absolute Gasteiger partial charge is 0.427 e. The summed E-state index contributed by atoms with van der Waals surface area (Å²) in [5, 5.41) is 2.94. The highest BCUT2D eigenvalue weighted by molar-refractivity contribution is 6.30. The zero-order chi connectivity index (χ0) is 25.2. The van der Waals surface area contributed by atoms with Crippen molar-refractivity contribution in [1.29, 1.82) is 0 Å². The summed E-state index contributed by atoms with van der Waals surface area (Å²) in [6, 6.07) is 7.93. The molecule has 0 aliphatic carbocycles. The highest BCUT2D eigenvalue weighted by Gasteiger charge is 2.44. The number of likely N-dealkylation sites (N-methyl/N-ethyl adjacent to an activating group) is 1. The number of carbonyl (C=O) groups excluding carboxylic acids is 5. The molecule has 0 saturated carbocycles. The van der Waals surface area contributed by atoms with Crippen LogP contribution in [0.5, 0.6) is 11.5 Å². The topological polar surface area (TPSA) is 148 Å². The van der Waals surface area contributed by atoms with E-state index in [-0.39, 0.29) is 17.1 Å². The second-order valence-electron chi connectivity index (χ2n) is 7.35. The van der Waals surface area contributed by atoms with Crippen molar-refractivity contribution >= 4 is 47.1 Å². The van der Waals surface area contributed by atoms with Gasteiger partial charge in [0.25, 0.3) is 11.8 Å². The van der Waals surface area contributed by atoms with Crippen LogP contribution >= 0.6 is 11.6 Å². The number of rotatable bonds is 5. The molecular weight excluding hydrogens is 468 g/mol. The van der Waals surface area contributed by atoms with Crippen molar-refractivity contribution < 1.29 is 33.4 Å². The fourth-order valence-electron chi connectivity index (χ4n) is 3.30. The molecule has 4 amide bonds. The van der Waals surface area contributed by atoms with Crippen LogP contribution in [0, 0.1) is 0 Å². The smallest absolute Gasteiger partial charge is 0.332 e. The molecule has 1 saturated heterocycles. The van der Waals surface area contributed by atoms with Crippen molar-refractivity contribution in [2.24, 2.45) is 5.73 Å². The Hall–Kier alpha value is -3.96. The van der Waals surface area contributed by atoms with Gasteiger partial charge in [0, 0.05) is 43.2 Å². The van der Waals surface area contributed by atoms with E-state index >= 15 is 0 Å². The zero-order valence-corrected chi connectivity index (χ0v) is 19.2. The predicted octanol–water partition coefficient (Wildman–Crippen LogP) is 1.67. The Bertz CT molecular complexity index is 1130. The number of nitrogens with two attached hydrogens (primary N) is 1. The van der Waals surface area contributed by atoms with Crippen molar-refractivity contribution in [1.82, 2.24) is 10.2 Å². The lowest BCUT2D eigenvalue weighted by atomic mass is 10.1. The zero-order valence-electron chi connectivity index (χ0n) is 18.4. The number of nitrogens with zero attached hydrogens (tertiary/aromatic N) is 2. The minimum atomic E-state index is -1.32. The van der Waals surface area contributed by atoms with E-state index in [9.17, 15) is 24.0 Å². The molecule has 0 aromatic heterocycles. The number of imide groups is 1. The number of hydrogen-bond acceptors (Lipinski definition) is 8. The SMILES string of the molecule is CC(=O)Oc1cc(OC(C)=O)cc(C(=O)NC2C(=O)N(C)C(=O)N(c3ccc(Cl)cc3)C2N)c1. The number of nitrogens with one attached hydrogen (secondary N) is 1. The van der Waals surface area contributed by atoms with Crippen molar-refractivity contribution in [3.05, 3.63) is 53.1 Å². The first-order valence-electron chi connectivity index (χ1n) is 9.92. The van der Waals surface area contributed by atoms with Gasteiger partial charge in [0.05, 0.1) is 0 Å². The van der Waals surface area contributed by atoms with E-state index in [1.165, 1.54) is 25.2 Å². The number of urea groups is 1. The minimum absolute atomic E-state index is 0.0502. The normalized spacial score (nSPS) is 17.9. The van der Waals surface area contributed by atoms with E-state index in [0.717, 1.165) is 23.6 Å². The monoisotopic (exact) mass is 488 g/mol. The summed E-state index contributed by atoms with van der Waals surface area (Å²) in [6.45, 7) is 2.33. The average molecular weight is 489 g/mol. The van der Waals surface area contributed by atoms with Crippen molar-refractivity contribution in [3.8, 4) is 11.5 Å². The van der Waals surface area contributed by atoms with Crippen LogP contribution in [0.2, 0.25) is 5.02 Å². The van der Waals surface area contributed by atoms with Gasteiger partial charge < -0.3 is 20.5 Å². The third-order valence-corrected chi connectivity index (χ3v) is 5.04. The first-order valence-corrected chi connectivity index (χ1v) is 10.3. The van der Waals surface area contributed by atoms with E-state index < -0.39 is 42.0 Å². The Kier molecular flexibility index (Phi) is 7.18. The van der Waals surface area contributed by atoms with E-state index in [4.69, 9.17) is 26.8 Å². The average Bonchev–Trinajstić information content (AvgIpc) is 2.75. The summed E-state index contributed by atoms with van der Waals surface area (Å²) in [4.78, 5) is 63.2. The summed E-state index contributed by atoms with van der Waals surface area (Å²) in [6.07, 6.45) is -1.24. The summed E-state index contributed by atoms with van der Waals surface area (Å²) in [5.74, 6) is -2.93. The standard InChI is InChI=1S/C22H21ClN4O7/c1-11(28)33-16-8-13(9-17(10-16)34-12(2)29)20(30)25-18-19(24)27(22(32)26(3)21(18)31)15-6-4-14(23)5-7-15/h4-10,18-19H,24H2,1-3H3,(H,25,30). The maximum Gasteiger partial charge on any atom is 0.332 e. The quantitative estimate of drug-likeness (QED) is 0.477.